The standard InChI is InChI=1S/C23H29NO6/c1-13-10-14(16-5-3-4-15-11-24(2)9-8-17(15)16)6-7-18(13)29-23-22(28)21(27)20(26)19(12-25)30-23/h3-7,10,19-23,25-28H,8-9,11-12H2,1-2H3/t19-,20-,21+,22+,23+/m0/s1. The lowest BCUT2D eigenvalue weighted by Gasteiger charge is -2.39. The van der Waals surface area contributed by atoms with Crippen molar-refractivity contribution in [2.45, 2.75) is 50.6 Å². The smallest absolute Gasteiger partial charge is 0.229 e. The minimum atomic E-state index is -1.46. The first-order valence-corrected chi connectivity index (χ1v) is 10.3. The molecule has 7 nitrogen and oxygen atoms in total. The highest BCUT2D eigenvalue weighted by molar-refractivity contribution is 5.70. The molecule has 5 atom stereocenters. The van der Waals surface area contributed by atoms with Gasteiger partial charge in [-0.15, -0.1) is 0 Å². The van der Waals surface area contributed by atoms with E-state index in [4.69, 9.17) is 9.47 Å². The van der Waals surface area contributed by atoms with E-state index in [9.17, 15) is 20.4 Å². The molecule has 0 unspecified atom stereocenters. The molecular weight excluding hydrogens is 386 g/mol. The molecule has 0 amide bonds. The topological polar surface area (TPSA) is 103 Å². The van der Waals surface area contributed by atoms with Crippen LogP contribution in [0.3, 0.4) is 0 Å². The third kappa shape index (κ3) is 3.97. The molecular formula is C23H29NO6. The molecule has 30 heavy (non-hydrogen) atoms. The predicted molar refractivity (Wildman–Crippen MR) is 111 cm³/mol. The van der Waals surface area contributed by atoms with E-state index in [0.717, 1.165) is 30.6 Å². The van der Waals surface area contributed by atoms with E-state index in [-0.39, 0.29) is 0 Å². The molecule has 2 aliphatic rings. The summed E-state index contributed by atoms with van der Waals surface area (Å²) in [6.07, 6.45) is -5.48. The lowest BCUT2D eigenvalue weighted by molar-refractivity contribution is -0.277. The van der Waals surface area contributed by atoms with Crippen molar-refractivity contribution < 1.29 is 29.9 Å². The molecule has 2 aromatic rings. The Balaban J connectivity index is 1.57. The summed E-state index contributed by atoms with van der Waals surface area (Å²) in [5, 5.41) is 39.4. The molecule has 4 rings (SSSR count). The van der Waals surface area contributed by atoms with Crippen molar-refractivity contribution in [1.82, 2.24) is 4.90 Å². The minimum absolute atomic E-state index is 0.489. The Kier molecular flexibility index (Phi) is 6.11. The van der Waals surface area contributed by atoms with Gasteiger partial charge in [-0.05, 0) is 60.3 Å². The fourth-order valence-corrected chi connectivity index (χ4v) is 4.26. The number of aliphatic hydroxyl groups is 4. The molecule has 0 bridgehead atoms. The van der Waals surface area contributed by atoms with Crippen LogP contribution in [0.1, 0.15) is 16.7 Å². The fraction of sp³-hybridized carbons (Fsp3) is 0.478. The molecule has 2 heterocycles. The molecule has 1 fully saturated rings. The summed E-state index contributed by atoms with van der Waals surface area (Å²) >= 11 is 0. The van der Waals surface area contributed by atoms with Crippen molar-refractivity contribution >= 4 is 0 Å². The van der Waals surface area contributed by atoms with Crippen LogP contribution < -0.4 is 4.74 Å². The van der Waals surface area contributed by atoms with Gasteiger partial charge in [-0.2, -0.15) is 0 Å². The van der Waals surface area contributed by atoms with Gasteiger partial charge >= 0.3 is 0 Å². The first-order valence-electron chi connectivity index (χ1n) is 10.3. The van der Waals surface area contributed by atoms with Gasteiger partial charge in [0.25, 0.3) is 0 Å². The quantitative estimate of drug-likeness (QED) is 0.587. The largest absolute Gasteiger partial charge is 0.462 e. The van der Waals surface area contributed by atoms with Gasteiger partial charge in [0.2, 0.25) is 6.29 Å². The van der Waals surface area contributed by atoms with Gasteiger partial charge < -0.3 is 34.8 Å². The zero-order chi connectivity index (χ0) is 21.4. The molecule has 2 aromatic carbocycles. The maximum absolute atomic E-state index is 10.2. The van der Waals surface area contributed by atoms with Gasteiger partial charge in [0, 0.05) is 13.1 Å². The van der Waals surface area contributed by atoms with Crippen molar-refractivity contribution in [2.24, 2.45) is 0 Å². The van der Waals surface area contributed by atoms with Crippen molar-refractivity contribution in [3.63, 3.8) is 0 Å². The second-order valence-corrected chi connectivity index (χ2v) is 8.23. The first kappa shape index (κ1) is 21.2. The molecule has 7 heteroatoms. The van der Waals surface area contributed by atoms with Crippen molar-refractivity contribution in [3.05, 3.63) is 53.1 Å². The third-order valence-corrected chi connectivity index (χ3v) is 6.03. The van der Waals surface area contributed by atoms with Crippen LogP contribution in [0.15, 0.2) is 36.4 Å². The second-order valence-electron chi connectivity index (χ2n) is 8.23. The van der Waals surface area contributed by atoms with E-state index in [1.807, 2.05) is 25.1 Å². The van der Waals surface area contributed by atoms with E-state index in [0.29, 0.717) is 5.75 Å². The Hall–Kier alpha value is -2.00. The van der Waals surface area contributed by atoms with Crippen molar-refractivity contribution in [3.8, 4) is 16.9 Å². The lowest BCUT2D eigenvalue weighted by Crippen LogP contribution is -2.60. The van der Waals surface area contributed by atoms with Gasteiger partial charge in [0.15, 0.2) is 0 Å². The summed E-state index contributed by atoms with van der Waals surface area (Å²) in [4.78, 5) is 2.31. The van der Waals surface area contributed by atoms with Crippen molar-refractivity contribution in [1.29, 1.82) is 0 Å². The number of fused-ring (bicyclic) bond motifs is 1. The van der Waals surface area contributed by atoms with Crippen LogP contribution in [0.5, 0.6) is 5.75 Å². The Morgan fingerprint density at radius 1 is 1.10 bits per heavy atom. The molecule has 4 N–H and O–H groups in total. The molecule has 1 saturated heterocycles. The number of rotatable bonds is 4. The van der Waals surface area contributed by atoms with Crippen LogP contribution in [-0.2, 0) is 17.7 Å². The summed E-state index contributed by atoms with van der Waals surface area (Å²) in [5.74, 6) is 0.507. The van der Waals surface area contributed by atoms with Crippen molar-refractivity contribution in [2.75, 3.05) is 20.2 Å². The summed E-state index contributed by atoms with van der Waals surface area (Å²) in [7, 11) is 2.13. The number of benzene rings is 2. The Labute approximate surface area is 176 Å². The molecule has 0 radical (unpaired) electrons. The van der Waals surface area contributed by atoms with Crippen LogP contribution in [-0.4, -0.2) is 76.2 Å². The first-order chi connectivity index (χ1) is 14.4. The van der Waals surface area contributed by atoms with Crippen LogP contribution in [0.4, 0.5) is 0 Å². The van der Waals surface area contributed by atoms with Crippen LogP contribution in [0.2, 0.25) is 0 Å². The summed E-state index contributed by atoms with van der Waals surface area (Å²) in [5.41, 5.74) is 5.88. The summed E-state index contributed by atoms with van der Waals surface area (Å²) in [6, 6.07) is 12.2. The van der Waals surface area contributed by atoms with Gasteiger partial charge in [-0.25, -0.2) is 0 Å². The number of hydrogen-bond donors (Lipinski definition) is 4. The van der Waals surface area contributed by atoms with E-state index >= 15 is 0 Å². The number of hydrogen-bond acceptors (Lipinski definition) is 7. The average Bonchev–Trinajstić information content (AvgIpc) is 2.74. The number of nitrogens with zero attached hydrogens (tertiary/aromatic N) is 1. The Bertz CT molecular complexity index is 901. The molecule has 0 aromatic heterocycles. The van der Waals surface area contributed by atoms with Gasteiger partial charge in [0.1, 0.15) is 30.2 Å². The maximum Gasteiger partial charge on any atom is 0.229 e. The molecule has 2 aliphatic heterocycles. The summed E-state index contributed by atoms with van der Waals surface area (Å²) < 4.78 is 11.3. The number of aryl methyl sites for hydroxylation is 1. The third-order valence-electron chi connectivity index (χ3n) is 6.03. The van der Waals surface area contributed by atoms with E-state index in [2.05, 4.69) is 30.1 Å². The number of likely N-dealkylation sites (N-methyl/N-ethyl adjacent to an activating group) is 1. The van der Waals surface area contributed by atoms with Crippen LogP contribution in [0.25, 0.3) is 11.1 Å². The normalized spacial score (nSPS) is 29.5. The second kappa shape index (κ2) is 8.63. The molecule has 0 aliphatic carbocycles. The van der Waals surface area contributed by atoms with Crippen LogP contribution in [0, 0.1) is 6.92 Å². The highest BCUT2D eigenvalue weighted by Crippen LogP contribution is 2.33. The van der Waals surface area contributed by atoms with Gasteiger partial charge in [0.05, 0.1) is 6.61 Å². The monoisotopic (exact) mass is 415 g/mol. The van der Waals surface area contributed by atoms with Gasteiger partial charge in [-0.3, -0.25) is 0 Å². The molecule has 162 valence electrons. The lowest BCUT2D eigenvalue weighted by atomic mass is 9.90. The zero-order valence-electron chi connectivity index (χ0n) is 17.2. The van der Waals surface area contributed by atoms with E-state index in [1.54, 1.807) is 0 Å². The van der Waals surface area contributed by atoms with Gasteiger partial charge in [-0.1, -0.05) is 24.3 Å². The van der Waals surface area contributed by atoms with Crippen LogP contribution >= 0.6 is 0 Å². The minimum Gasteiger partial charge on any atom is -0.462 e. The molecule has 0 saturated carbocycles. The fourth-order valence-electron chi connectivity index (χ4n) is 4.26. The zero-order valence-corrected chi connectivity index (χ0v) is 17.2. The predicted octanol–water partition coefficient (Wildman–Crippen LogP) is 0.829. The number of ether oxygens (including phenoxy) is 2. The Morgan fingerprint density at radius 2 is 1.90 bits per heavy atom. The molecule has 0 spiro atoms. The van der Waals surface area contributed by atoms with E-state index in [1.165, 1.54) is 16.7 Å². The Morgan fingerprint density at radius 3 is 2.63 bits per heavy atom. The average molecular weight is 415 g/mol. The van der Waals surface area contributed by atoms with E-state index < -0.39 is 37.3 Å². The summed E-state index contributed by atoms with van der Waals surface area (Å²) in [6.45, 7) is 3.39. The highest BCUT2D eigenvalue weighted by atomic mass is 16.7. The maximum atomic E-state index is 10.2. The number of aliphatic hydroxyl groups excluding tert-OH is 4. The SMILES string of the molecule is Cc1cc(-c2cccc3c2CCN(C)C3)ccc1O[C@@H]1O[C@@H](CO)[C@H](O)[C@@H](O)[C@H]1O. The highest BCUT2D eigenvalue weighted by Gasteiger charge is 2.44.